The van der Waals surface area contributed by atoms with Crippen molar-refractivity contribution in [3.05, 3.63) is 0 Å². The molecule has 0 nitrogen and oxygen atoms in total. The van der Waals surface area contributed by atoms with Gasteiger partial charge in [0.05, 0.1) is 0 Å². The van der Waals surface area contributed by atoms with Gasteiger partial charge in [0, 0.05) is 5.41 Å². The fourth-order valence-electron chi connectivity index (χ4n) is 1.77. The highest BCUT2D eigenvalue weighted by Gasteiger charge is 2.53. The highest BCUT2D eigenvalue weighted by atomic mass is 19.1. The third-order valence-electron chi connectivity index (χ3n) is 2.84. The van der Waals surface area contributed by atoms with E-state index in [4.69, 9.17) is 0 Å². The molecule has 1 aliphatic rings. The number of hydrogen-bond donors (Lipinski definition) is 0. The Kier molecular flexibility index (Phi) is 1.78. The first-order valence-electron chi connectivity index (χ1n) is 4.21. The summed E-state index contributed by atoms with van der Waals surface area (Å²) in [5, 5.41) is 0. The fourth-order valence-corrected chi connectivity index (χ4v) is 1.77. The quantitative estimate of drug-likeness (QED) is 0.570. The van der Waals surface area contributed by atoms with Gasteiger partial charge in [-0.15, -0.1) is 0 Å². The molecule has 0 atom stereocenters. The van der Waals surface area contributed by atoms with Crippen molar-refractivity contribution in [2.24, 2.45) is 5.41 Å². The molecule has 0 aliphatic heterocycles. The summed E-state index contributed by atoms with van der Waals surface area (Å²) in [6, 6.07) is 0. The van der Waals surface area contributed by atoms with Gasteiger partial charge in [0.15, 0.2) is 0 Å². The van der Waals surface area contributed by atoms with Crippen molar-refractivity contribution in [3.8, 4) is 0 Å². The summed E-state index contributed by atoms with van der Waals surface area (Å²) in [5.74, 6) is 0. The minimum atomic E-state index is -0.941. The summed E-state index contributed by atoms with van der Waals surface area (Å²) >= 11 is 0. The van der Waals surface area contributed by atoms with E-state index in [0.717, 1.165) is 25.7 Å². The van der Waals surface area contributed by atoms with Crippen molar-refractivity contribution >= 4 is 0 Å². The van der Waals surface area contributed by atoms with Gasteiger partial charge in [-0.2, -0.15) is 0 Å². The van der Waals surface area contributed by atoms with Crippen molar-refractivity contribution in [2.75, 3.05) is 0 Å². The molecule has 0 unspecified atom stereocenters. The summed E-state index contributed by atoms with van der Waals surface area (Å²) in [4.78, 5) is 0. The van der Waals surface area contributed by atoms with Gasteiger partial charge in [-0.25, -0.2) is 4.39 Å². The molecule has 10 heavy (non-hydrogen) atoms. The fraction of sp³-hybridized carbons (Fsp3) is 1.00. The van der Waals surface area contributed by atoms with Crippen LogP contribution in [0, 0.1) is 5.41 Å². The molecule has 0 amide bonds. The number of alkyl halides is 1. The minimum Gasteiger partial charge on any atom is -0.244 e. The molecule has 0 bridgehead atoms. The van der Waals surface area contributed by atoms with Crippen LogP contribution in [0.2, 0.25) is 0 Å². The summed E-state index contributed by atoms with van der Waals surface area (Å²) in [6.07, 6.45) is 4.39. The van der Waals surface area contributed by atoms with Crippen LogP contribution < -0.4 is 0 Å². The van der Waals surface area contributed by atoms with Crippen LogP contribution in [0.1, 0.15) is 46.5 Å². The zero-order valence-electron chi connectivity index (χ0n) is 7.21. The Balaban J connectivity index is 2.52. The summed E-state index contributed by atoms with van der Waals surface area (Å²) in [5.41, 5.74) is -0.870. The lowest BCUT2D eigenvalue weighted by Gasteiger charge is -2.26. The Hall–Kier alpha value is -0.0700. The topological polar surface area (TPSA) is 0 Å². The lowest BCUT2D eigenvalue weighted by molar-refractivity contribution is 0.0972. The molecule has 1 rings (SSSR count). The van der Waals surface area contributed by atoms with Crippen LogP contribution >= 0.6 is 0 Å². The molecule has 0 saturated heterocycles. The van der Waals surface area contributed by atoms with Crippen molar-refractivity contribution in [3.63, 3.8) is 0 Å². The van der Waals surface area contributed by atoms with Crippen LogP contribution in [-0.2, 0) is 0 Å². The van der Waals surface area contributed by atoms with Crippen molar-refractivity contribution < 1.29 is 4.39 Å². The average molecular weight is 144 g/mol. The van der Waals surface area contributed by atoms with Crippen LogP contribution in [0.3, 0.4) is 0 Å². The molecular weight excluding hydrogens is 127 g/mol. The molecule has 0 aromatic heterocycles. The molecule has 0 spiro atoms. The maximum Gasteiger partial charge on any atom is 0.111 e. The van der Waals surface area contributed by atoms with Gasteiger partial charge in [0.1, 0.15) is 5.67 Å². The summed E-state index contributed by atoms with van der Waals surface area (Å²) in [7, 11) is 0. The van der Waals surface area contributed by atoms with E-state index in [2.05, 4.69) is 6.92 Å². The van der Waals surface area contributed by atoms with Gasteiger partial charge in [0.2, 0.25) is 0 Å². The molecule has 0 heterocycles. The first kappa shape index (κ1) is 8.03. The van der Waals surface area contributed by atoms with Crippen LogP contribution in [0.5, 0.6) is 0 Å². The van der Waals surface area contributed by atoms with Crippen LogP contribution in [-0.4, -0.2) is 5.67 Å². The molecule has 0 aromatic carbocycles. The SMILES string of the molecule is CCCC1(C(C)(C)F)CC1. The zero-order valence-corrected chi connectivity index (χ0v) is 7.21. The standard InChI is InChI=1S/C9H17F/c1-4-5-9(6-7-9)8(2,3)10/h4-7H2,1-3H3. The van der Waals surface area contributed by atoms with Crippen LogP contribution in [0.15, 0.2) is 0 Å². The highest BCUT2D eigenvalue weighted by molar-refractivity contribution is 5.03. The smallest absolute Gasteiger partial charge is 0.111 e. The summed E-state index contributed by atoms with van der Waals surface area (Å²) in [6.45, 7) is 5.57. The third kappa shape index (κ3) is 1.18. The molecule has 1 heteroatoms. The van der Waals surface area contributed by atoms with Gasteiger partial charge < -0.3 is 0 Å². The molecule has 1 aliphatic carbocycles. The molecule has 1 saturated carbocycles. The summed E-state index contributed by atoms with van der Waals surface area (Å²) < 4.78 is 13.4. The molecule has 0 radical (unpaired) electrons. The number of hydrogen-bond acceptors (Lipinski definition) is 0. The van der Waals surface area contributed by atoms with Crippen molar-refractivity contribution in [1.29, 1.82) is 0 Å². The first-order chi connectivity index (χ1) is 4.52. The maximum absolute atomic E-state index is 13.4. The van der Waals surface area contributed by atoms with Crippen molar-refractivity contribution in [2.45, 2.75) is 52.1 Å². The predicted octanol–water partition coefficient (Wildman–Crippen LogP) is 3.31. The largest absolute Gasteiger partial charge is 0.244 e. The Morgan fingerprint density at radius 1 is 1.40 bits per heavy atom. The van der Waals surface area contributed by atoms with Crippen LogP contribution in [0.4, 0.5) is 4.39 Å². The van der Waals surface area contributed by atoms with Crippen molar-refractivity contribution in [1.82, 2.24) is 0 Å². The maximum atomic E-state index is 13.4. The second-order valence-electron chi connectivity index (χ2n) is 4.00. The normalized spacial score (nSPS) is 22.8. The second-order valence-corrected chi connectivity index (χ2v) is 4.00. The Labute approximate surface area is 62.8 Å². The second kappa shape index (κ2) is 2.21. The lowest BCUT2D eigenvalue weighted by Crippen LogP contribution is -2.27. The van der Waals surface area contributed by atoms with Crippen LogP contribution in [0.25, 0.3) is 0 Å². The Bertz CT molecular complexity index is 117. The van der Waals surface area contributed by atoms with Gasteiger partial charge in [-0.05, 0) is 33.1 Å². The predicted molar refractivity (Wildman–Crippen MR) is 41.8 cm³/mol. The zero-order chi connectivity index (χ0) is 7.83. The molecule has 1 fully saturated rings. The Morgan fingerprint density at radius 2 is 1.90 bits per heavy atom. The number of rotatable bonds is 3. The lowest BCUT2D eigenvalue weighted by atomic mass is 9.85. The average Bonchev–Trinajstić information content (AvgIpc) is 2.45. The minimum absolute atomic E-state index is 0.0712. The highest BCUT2D eigenvalue weighted by Crippen LogP contribution is 2.58. The van der Waals surface area contributed by atoms with E-state index in [1.165, 1.54) is 0 Å². The van der Waals surface area contributed by atoms with Gasteiger partial charge in [-0.1, -0.05) is 13.3 Å². The van der Waals surface area contributed by atoms with E-state index in [9.17, 15) is 4.39 Å². The monoisotopic (exact) mass is 144 g/mol. The molecule has 0 N–H and O–H groups in total. The first-order valence-corrected chi connectivity index (χ1v) is 4.21. The van der Waals surface area contributed by atoms with Gasteiger partial charge in [0.25, 0.3) is 0 Å². The third-order valence-corrected chi connectivity index (χ3v) is 2.84. The number of halogens is 1. The van der Waals surface area contributed by atoms with Gasteiger partial charge in [-0.3, -0.25) is 0 Å². The van der Waals surface area contributed by atoms with E-state index in [1.807, 2.05) is 0 Å². The van der Waals surface area contributed by atoms with E-state index in [-0.39, 0.29) is 5.41 Å². The molecule has 60 valence electrons. The molecular formula is C9H17F. The Morgan fingerprint density at radius 3 is 2.00 bits per heavy atom. The van der Waals surface area contributed by atoms with E-state index < -0.39 is 5.67 Å². The van der Waals surface area contributed by atoms with E-state index in [0.29, 0.717) is 0 Å². The van der Waals surface area contributed by atoms with E-state index >= 15 is 0 Å². The van der Waals surface area contributed by atoms with E-state index in [1.54, 1.807) is 13.8 Å². The van der Waals surface area contributed by atoms with Gasteiger partial charge >= 0.3 is 0 Å². The molecule has 0 aromatic rings.